The molecule has 3 aromatic heterocycles. The molecule has 0 saturated heterocycles. The molecule has 0 spiro atoms. The molecule has 0 radical (unpaired) electrons. The molecule has 0 aliphatic heterocycles. The summed E-state index contributed by atoms with van der Waals surface area (Å²) in [5.74, 6) is 0. The predicted molar refractivity (Wildman–Crippen MR) is 256 cm³/mol. The molecular weight excluding hydrogens is 741 g/mol. The van der Waals surface area contributed by atoms with Crippen molar-refractivity contribution in [2.24, 2.45) is 0 Å². The third-order valence-corrected chi connectivity index (χ3v) is 12.1. The van der Waals surface area contributed by atoms with Crippen molar-refractivity contribution in [3.63, 3.8) is 0 Å². The maximum absolute atomic E-state index is 5.10. The summed E-state index contributed by atoms with van der Waals surface area (Å²) in [6.07, 6.45) is 5.82. The smallest absolute Gasteiger partial charge is 0.0735 e. The van der Waals surface area contributed by atoms with Crippen LogP contribution < -0.4 is 4.90 Å². The van der Waals surface area contributed by atoms with E-state index in [9.17, 15) is 0 Å². The first kappa shape index (κ1) is 34.8. The van der Waals surface area contributed by atoms with Gasteiger partial charge >= 0.3 is 0 Å². The lowest BCUT2D eigenvalue weighted by atomic mass is 9.93. The quantitative estimate of drug-likeness (QED) is 0.158. The molecule has 3 heterocycles. The molecule has 0 aliphatic carbocycles. The van der Waals surface area contributed by atoms with E-state index in [1.165, 1.54) is 64.6 Å². The summed E-state index contributed by atoms with van der Waals surface area (Å²) in [5, 5.41) is 14.1. The fraction of sp³-hybridized carbons (Fsp3) is 0. The van der Waals surface area contributed by atoms with Gasteiger partial charge in [-0.2, -0.15) is 0 Å². The minimum atomic E-state index is 0.902. The Morgan fingerprint density at radius 2 is 0.475 bits per heavy atom. The number of fused-ring (bicyclic) bond motifs is 6. The molecule has 0 N–H and O–H groups in total. The van der Waals surface area contributed by atoms with Gasteiger partial charge in [-0.15, -0.1) is 0 Å². The highest BCUT2D eigenvalue weighted by Crippen LogP contribution is 2.44. The van der Waals surface area contributed by atoms with E-state index in [-0.39, 0.29) is 0 Å². The van der Waals surface area contributed by atoms with Crippen LogP contribution in [0.1, 0.15) is 0 Å². The zero-order valence-corrected chi connectivity index (χ0v) is 33.1. The summed E-state index contributed by atoms with van der Waals surface area (Å²) in [4.78, 5) is 17.6. The highest BCUT2D eigenvalue weighted by molar-refractivity contribution is 6.15. The third-order valence-electron chi connectivity index (χ3n) is 12.1. The number of rotatable bonds is 6. The normalized spacial score (nSPS) is 11.6. The van der Waals surface area contributed by atoms with Crippen molar-refractivity contribution in [1.29, 1.82) is 0 Å². The maximum Gasteiger partial charge on any atom is 0.0735 e. The first-order valence-electron chi connectivity index (χ1n) is 20.7. The number of hydrogen-bond donors (Lipinski definition) is 0. The molecule has 0 amide bonds. The zero-order chi connectivity index (χ0) is 40.3. The van der Waals surface area contributed by atoms with Gasteiger partial charge in [0, 0.05) is 52.3 Å². The minimum Gasteiger partial charge on any atom is -0.310 e. The van der Waals surface area contributed by atoms with E-state index < -0.39 is 0 Å². The van der Waals surface area contributed by atoms with Crippen molar-refractivity contribution < 1.29 is 0 Å². The minimum absolute atomic E-state index is 0.902. The molecule has 4 nitrogen and oxygen atoms in total. The number of hydrogen-bond acceptors (Lipinski definition) is 4. The third kappa shape index (κ3) is 5.88. The van der Waals surface area contributed by atoms with Crippen molar-refractivity contribution in [3.8, 4) is 33.8 Å². The van der Waals surface area contributed by atoms with E-state index >= 15 is 0 Å². The summed E-state index contributed by atoms with van der Waals surface area (Å²) < 4.78 is 0. The number of nitrogens with zero attached hydrogens (tertiary/aromatic N) is 4. The molecule has 0 atom stereocenters. The molecule has 0 unspecified atom stereocenters. The van der Waals surface area contributed by atoms with E-state index in [1.54, 1.807) is 0 Å². The molecule has 12 rings (SSSR count). The van der Waals surface area contributed by atoms with Crippen LogP contribution in [0.25, 0.3) is 98.4 Å². The van der Waals surface area contributed by atoms with Crippen molar-refractivity contribution in [3.05, 3.63) is 219 Å². The Labute approximate surface area is 352 Å². The average Bonchev–Trinajstić information content (AvgIpc) is 3.32. The van der Waals surface area contributed by atoms with E-state index in [0.29, 0.717) is 0 Å². The summed E-state index contributed by atoms with van der Waals surface area (Å²) in [6, 6.07) is 71.5. The van der Waals surface area contributed by atoms with Gasteiger partial charge in [0.1, 0.15) is 0 Å². The molecule has 61 heavy (non-hydrogen) atoms. The summed E-state index contributed by atoms with van der Waals surface area (Å²) in [5.41, 5.74) is 8.98. The number of anilines is 3. The van der Waals surface area contributed by atoms with Gasteiger partial charge in [-0.25, -0.2) is 0 Å². The largest absolute Gasteiger partial charge is 0.310 e. The Morgan fingerprint density at radius 3 is 0.721 bits per heavy atom. The first-order valence-corrected chi connectivity index (χ1v) is 20.7. The molecule has 284 valence electrons. The predicted octanol–water partition coefficient (Wildman–Crippen LogP) is 15.3. The SMILES string of the molecule is c1ccc2c(-c3cc(N(c4ccnc(-c5c6ccccc6cc6ccccc56)c4)c4ccnc(-c5c6ccccc6cc6ccccc56)c4)ccn3)c3ccccc3cc2c1. The van der Waals surface area contributed by atoms with Crippen LogP contribution in [0.3, 0.4) is 0 Å². The first-order chi connectivity index (χ1) is 30.2. The maximum atomic E-state index is 5.10. The molecular formula is C57H36N4. The molecule has 0 saturated carbocycles. The van der Waals surface area contributed by atoms with Gasteiger partial charge in [0.25, 0.3) is 0 Å². The molecule has 0 bridgehead atoms. The van der Waals surface area contributed by atoms with Gasteiger partial charge in [0.2, 0.25) is 0 Å². The Bertz CT molecular complexity index is 3140. The van der Waals surface area contributed by atoms with E-state index in [2.05, 4.69) is 205 Å². The summed E-state index contributed by atoms with van der Waals surface area (Å²) >= 11 is 0. The van der Waals surface area contributed by atoms with E-state index in [1.807, 2.05) is 18.6 Å². The lowest BCUT2D eigenvalue weighted by Gasteiger charge is -2.27. The molecule has 0 fully saturated rings. The van der Waals surface area contributed by atoms with Crippen LogP contribution in [-0.4, -0.2) is 15.0 Å². The van der Waals surface area contributed by atoms with Crippen LogP contribution in [0.15, 0.2) is 219 Å². The van der Waals surface area contributed by atoms with Crippen LogP contribution in [0.4, 0.5) is 17.1 Å². The Hall–Kier alpha value is -8.21. The highest BCUT2D eigenvalue weighted by Gasteiger charge is 2.21. The van der Waals surface area contributed by atoms with E-state index in [0.717, 1.165) is 50.8 Å². The fourth-order valence-electron chi connectivity index (χ4n) is 9.40. The Morgan fingerprint density at radius 1 is 0.246 bits per heavy atom. The standard InChI is InChI=1S/C57H36N4/c1-7-19-46-37(13-1)31-38-14-2-8-20-47(38)55(46)52-34-43(25-28-58-52)61(44-26-29-59-53(35-44)56-48-21-9-3-15-39(48)32-40-16-4-10-22-49(40)56)45-27-30-60-54(36-45)57-50-23-11-5-17-41(50)33-42-18-6-12-24-51(42)57/h1-36H. The van der Waals surface area contributed by atoms with Gasteiger partial charge in [0.05, 0.1) is 17.1 Å². The second kappa shape index (κ2) is 14.3. The van der Waals surface area contributed by atoms with Crippen molar-refractivity contribution in [2.45, 2.75) is 0 Å². The summed E-state index contributed by atoms with van der Waals surface area (Å²) in [6.45, 7) is 0. The van der Waals surface area contributed by atoms with Gasteiger partial charge in [-0.05, 0) is 119 Å². The molecule has 9 aromatic carbocycles. The number of aromatic nitrogens is 3. The average molecular weight is 777 g/mol. The number of benzene rings is 9. The van der Waals surface area contributed by atoms with E-state index in [4.69, 9.17) is 15.0 Å². The highest BCUT2D eigenvalue weighted by atomic mass is 15.1. The topological polar surface area (TPSA) is 41.9 Å². The Balaban J connectivity index is 1.11. The van der Waals surface area contributed by atoms with Crippen molar-refractivity contribution in [2.75, 3.05) is 4.90 Å². The lowest BCUT2D eigenvalue weighted by Crippen LogP contribution is -2.11. The summed E-state index contributed by atoms with van der Waals surface area (Å²) in [7, 11) is 0. The second-order valence-electron chi connectivity index (χ2n) is 15.6. The lowest BCUT2D eigenvalue weighted by molar-refractivity contribution is 1.21. The van der Waals surface area contributed by atoms with Crippen LogP contribution in [0.2, 0.25) is 0 Å². The second-order valence-corrected chi connectivity index (χ2v) is 15.6. The number of pyridine rings is 3. The molecule has 0 aliphatic rings. The van der Waals surface area contributed by atoms with Gasteiger partial charge in [-0.1, -0.05) is 146 Å². The zero-order valence-electron chi connectivity index (χ0n) is 33.1. The van der Waals surface area contributed by atoms with Crippen LogP contribution in [0.5, 0.6) is 0 Å². The van der Waals surface area contributed by atoms with Crippen molar-refractivity contribution >= 4 is 81.7 Å². The monoisotopic (exact) mass is 776 g/mol. The van der Waals surface area contributed by atoms with Crippen LogP contribution >= 0.6 is 0 Å². The van der Waals surface area contributed by atoms with Gasteiger partial charge in [-0.3, -0.25) is 15.0 Å². The molecule has 12 aromatic rings. The van der Waals surface area contributed by atoms with Crippen molar-refractivity contribution in [1.82, 2.24) is 15.0 Å². The van der Waals surface area contributed by atoms with Crippen LogP contribution in [0, 0.1) is 0 Å². The van der Waals surface area contributed by atoms with Crippen LogP contribution in [-0.2, 0) is 0 Å². The molecule has 4 heteroatoms. The Kier molecular flexibility index (Phi) is 8.13. The fourth-order valence-corrected chi connectivity index (χ4v) is 9.40. The van der Waals surface area contributed by atoms with Gasteiger partial charge in [0.15, 0.2) is 0 Å². The van der Waals surface area contributed by atoms with Gasteiger partial charge < -0.3 is 4.90 Å².